The Balaban J connectivity index is 1.62. The summed E-state index contributed by atoms with van der Waals surface area (Å²) < 4.78 is 0. The van der Waals surface area contributed by atoms with E-state index in [2.05, 4.69) is 15.9 Å². The zero-order valence-corrected chi connectivity index (χ0v) is 13.2. The molecular weight excluding hydrogens is 284 g/mol. The van der Waals surface area contributed by atoms with E-state index in [0.717, 1.165) is 56.2 Å². The van der Waals surface area contributed by atoms with Crippen molar-refractivity contribution in [2.75, 3.05) is 31.1 Å². The molecule has 4 heteroatoms. The summed E-state index contributed by atoms with van der Waals surface area (Å²) in [6, 6.07) is 8.18. The van der Waals surface area contributed by atoms with Gasteiger partial charge in [-0.3, -0.25) is 9.69 Å². The summed E-state index contributed by atoms with van der Waals surface area (Å²) in [6.07, 6.45) is 5.30. The Morgan fingerprint density at radius 1 is 1.00 bits per heavy atom. The molecule has 1 saturated heterocycles. The van der Waals surface area contributed by atoms with E-state index >= 15 is 0 Å². The number of rotatable bonds is 2. The fourth-order valence-electron chi connectivity index (χ4n) is 3.51. The van der Waals surface area contributed by atoms with Crippen molar-refractivity contribution >= 4 is 23.1 Å². The Morgan fingerprint density at radius 2 is 1.76 bits per heavy atom. The quantitative estimate of drug-likeness (QED) is 0.783. The van der Waals surface area contributed by atoms with Gasteiger partial charge in [0, 0.05) is 32.6 Å². The van der Waals surface area contributed by atoms with E-state index in [0.29, 0.717) is 5.78 Å². The molecule has 3 nitrogen and oxygen atoms in total. The van der Waals surface area contributed by atoms with E-state index in [1.54, 1.807) is 0 Å². The van der Waals surface area contributed by atoms with Gasteiger partial charge >= 0.3 is 0 Å². The maximum absolute atomic E-state index is 12.2. The van der Waals surface area contributed by atoms with Gasteiger partial charge in [-0.1, -0.05) is 36.6 Å². The highest BCUT2D eigenvalue weighted by atomic mass is 35.5. The number of carbonyl (C=O) groups excluding carboxylic acids is 1. The van der Waals surface area contributed by atoms with Gasteiger partial charge in [-0.15, -0.1) is 0 Å². The molecule has 1 unspecified atom stereocenters. The number of para-hydroxylation sites is 1. The first kappa shape index (κ1) is 14.9. The van der Waals surface area contributed by atoms with Crippen LogP contribution in [-0.4, -0.2) is 42.9 Å². The summed E-state index contributed by atoms with van der Waals surface area (Å²) in [6.45, 7) is 3.82. The van der Waals surface area contributed by atoms with Crippen LogP contribution in [0.25, 0.3) is 0 Å². The third-order valence-corrected chi connectivity index (χ3v) is 5.04. The van der Waals surface area contributed by atoms with E-state index in [1.807, 2.05) is 18.2 Å². The minimum atomic E-state index is 0.167. The minimum Gasteiger partial charge on any atom is -0.368 e. The molecule has 0 radical (unpaired) electrons. The summed E-state index contributed by atoms with van der Waals surface area (Å²) in [4.78, 5) is 17.0. The van der Waals surface area contributed by atoms with Crippen molar-refractivity contribution in [2.45, 2.75) is 38.1 Å². The van der Waals surface area contributed by atoms with Crippen molar-refractivity contribution in [1.82, 2.24) is 4.90 Å². The second-order valence-corrected chi connectivity index (χ2v) is 6.46. The van der Waals surface area contributed by atoms with Crippen LogP contribution in [0.2, 0.25) is 5.02 Å². The van der Waals surface area contributed by atoms with Crippen molar-refractivity contribution in [3.8, 4) is 0 Å². The lowest BCUT2D eigenvalue weighted by Gasteiger charge is -2.39. The second kappa shape index (κ2) is 6.80. The summed E-state index contributed by atoms with van der Waals surface area (Å²) >= 11 is 6.28. The van der Waals surface area contributed by atoms with Gasteiger partial charge in [-0.05, 0) is 25.0 Å². The van der Waals surface area contributed by atoms with Gasteiger partial charge in [-0.2, -0.15) is 0 Å². The molecule has 0 amide bonds. The molecule has 0 aromatic heterocycles. The Kier molecular flexibility index (Phi) is 4.81. The Bertz CT molecular complexity index is 497. The Morgan fingerprint density at radius 3 is 2.52 bits per heavy atom. The highest BCUT2D eigenvalue weighted by Gasteiger charge is 2.29. The lowest BCUT2D eigenvalue weighted by Crippen LogP contribution is -2.52. The normalized spacial score (nSPS) is 24.9. The Hall–Kier alpha value is -1.06. The molecule has 1 aromatic carbocycles. The first-order valence-electron chi connectivity index (χ1n) is 8.02. The van der Waals surface area contributed by atoms with E-state index in [1.165, 1.54) is 12.8 Å². The molecule has 0 spiro atoms. The highest BCUT2D eigenvalue weighted by Crippen LogP contribution is 2.27. The van der Waals surface area contributed by atoms with Crippen LogP contribution in [0.15, 0.2) is 24.3 Å². The molecule has 1 aliphatic carbocycles. The van der Waals surface area contributed by atoms with Crippen molar-refractivity contribution in [2.24, 2.45) is 0 Å². The fourth-order valence-corrected chi connectivity index (χ4v) is 3.77. The number of Topliss-reactive ketones (excluding diaryl/α,β-unsaturated/α-hetero) is 1. The molecule has 1 aliphatic heterocycles. The van der Waals surface area contributed by atoms with Gasteiger partial charge in [0.1, 0.15) is 5.78 Å². The standard InChI is InChI=1S/C17H23ClN2O/c18-14-6-4-5-7-15(14)19-10-12-20(13-11-19)16-8-2-1-3-9-17(16)21/h4-7,16H,1-3,8-13H2. The van der Waals surface area contributed by atoms with Gasteiger partial charge in [0.25, 0.3) is 0 Å². The van der Waals surface area contributed by atoms with Gasteiger partial charge in [0.05, 0.1) is 16.8 Å². The van der Waals surface area contributed by atoms with Crippen LogP contribution in [0.4, 0.5) is 5.69 Å². The number of anilines is 1. The Labute approximate surface area is 131 Å². The summed E-state index contributed by atoms with van der Waals surface area (Å²) in [5.41, 5.74) is 1.12. The molecule has 0 N–H and O–H groups in total. The zero-order chi connectivity index (χ0) is 14.7. The van der Waals surface area contributed by atoms with Crippen LogP contribution in [0.5, 0.6) is 0 Å². The lowest BCUT2D eigenvalue weighted by atomic mass is 10.0. The number of benzene rings is 1. The molecule has 3 rings (SSSR count). The van der Waals surface area contributed by atoms with Gasteiger partial charge in [0.2, 0.25) is 0 Å². The lowest BCUT2D eigenvalue weighted by molar-refractivity contribution is -0.124. The summed E-state index contributed by atoms with van der Waals surface area (Å²) in [7, 11) is 0. The number of halogens is 1. The predicted octanol–water partition coefficient (Wildman–Crippen LogP) is 3.36. The molecule has 2 aliphatic rings. The van der Waals surface area contributed by atoms with Gasteiger partial charge < -0.3 is 4.90 Å². The molecular formula is C17H23ClN2O. The SMILES string of the molecule is O=C1CCCCCC1N1CCN(c2ccccc2Cl)CC1. The van der Waals surface area contributed by atoms with E-state index in [9.17, 15) is 4.79 Å². The van der Waals surface area contributed by atoms with Crippen molar-refractivity contribution < 1.29 is 4.79 Å². The fraction of sp³-hybridized carbons (Fsp3) is 0.588. The highest BCUT2D eigenvalue weighted by molar-refractivity contribution is 6.33. The molecule has 1 saturated carbocycles. The monoisotopic (exact) mass is 306 g/mol. The number of nitrogens with zero attached hydrogens (tertiary/aromatic N) is 2. The van der Waals surface area contributed by atoms with Crippen LogP contribution >= 0.6 is 11.6 Å². The van der Waals surface area contributed by atoms with Crippen molar-refractivity contribution in [1.29, 1.82) is 0 Å². The zero-order valence-electron chi connectivity index (χ0n) is 12.4. The van der Waals surface area contributed by atoms with Crippen LogP contribution in [0, 0.1) is 0 Å². The average molecular weight is 307 g/mol. The van der Waals surface area contributed by atoms with Crippen molar-refractivity contribution in [3.05, 3.63) is 29.3 Å². The third kappa shape index (κ3) is 3.41. The first-order chi connectivity index (χ1) is 10.3. The van der Waals surface area contributed by atoms with Crippen LogP contribution in [0.3, 0.4) is 0 Å². The smallest absolute Gasteiger partial charge is 0.149 e. The van der Waals surface area contributed by atoms with E-state index in [-0.39, 0.29) is 6.04 Å². The number of carbonyl (C=O) groups is 1. The molecule has 114 valence electrons. The average Bonchev–Trinajstić information content (AvgIpc) is 2.73. The molecule has 0 bridgehead atoms. The first-order valence-corrected chi connectivity index (χ1v) is 8.40. The van der Waals surface area contributed by atoms with Crippen molar-refractivity contribution in [3.63, 3.8) is 0 Å². The number of hydrogen-bond donors (Lipinski definition) is 0. The maximum atomic E-state index is 12.2. The van der Waals surface area contributed by atoms with E-state index in [4.69, 9.17) is 11.6 Å². The molecule has 1 aromatic rings. The largest absolute Gasteiger partial charge is 0.368 e. The molecule has 1 atom stereocenters. The summed E-state index contributed by atoms with van der Waals surface area (Å²) in [5, 5.41) is 0.816. The summed E-state index contributed by atoms with van der Waals surface area (Å²) in [5.74, 6) is 0.457. The molecule has 1 heterocycles. The number of ketones is 1. The topological polar surface area (TPSA) is 23.6 Å². The van der Waals surface area contributed by atoms with Gasteiger partial charge in [-0.25, -0.2) is 0 Å². The third-order valence-electron chi connectivity index (χ3n) is 4.72. The number of hydrogen-bond acceptors (Lipinski definition) is 3. The van der Waals surface area contributed by atoms with E-state index < -0.39 is 0 Å². The van der Waals surface area contributed by atoms with Gasteiger partial charge in [0.15, 0.2) is 0 Å². The second-order valence-electron chi connectivity index (χ2n) is 6.06. The minimum absolute atomic E-state index is 0.167. The number of piperazine rings is 1. The van der Waals surface area contributed by atoms with Crippen LogP contribution in [0.1, 0.15) is 32.1 Å². The molecule has 21 heavy (non-hydrogen) atoms. The maximum Gasteiger partial charge on any atom is 0.149 e. The molecule has 2 fully saturated rings. The van der Waals surface area contributed by atoms with Crippen LogP contribution in [-0.2, 0) is 4.79 Å². The predicted molar refractivity (Wildman–Crippen MR) is 87.1 cm³/mol. The van der Waals surface area contributed by atoms with Crippen LogP contribution < -0.4 is 4.90 Å².